The summed E-state index contributed by atoms with van der Waals surface area (Å²) in [6, 6.07) is 16.7. The van der Waals surface area contributed by atoms with Gasteiger partial charge in [-0.05, 0) is 72.1 Å². The molecule has 4 nitrogen and oxygen atoms in total. The second-order valence-corrected chi connectivity index (χ2v) is 11.8. The van der Waals surface area contributed by atoms with Crippen LogP contribution in [0.15, 0.2) is 48.5 Å². The molecule has 2 aromatic carbocycles. The highest BCUT2D eigenvalue weighted by molar-refractivity contribution is 9.09. The molecule has 0 saturated heterocycles. The van der Waals surface area contributed by atoms with Crippen LogP contribution in [0.4, 0.5) is 0 Å². The van der Waals surface area contributed by atoms with Gasteiger partial charge in [0.25, 0.3) is 0 Å². The largest absolute Gasteiger partial charge is 0.494 e. The highest BCUT2D eigenvalue weighted by Crippen LogP contribution is 2.36. The van der Waals surface area contributed by atoms with Crippen molar-refractivity contribution < 1.29 is 18.8 Å². The molecule has 0 fully saturated rings. The minimum absolute atomic E-state index is 0.144. The number of likely N-dealkylation sites (N-methyl/N-ethyl adjacent to an activating group) is 1. The fourth-order valence-electron chi connectivity index (χ4n) is 4.32. The molecule has 0 unspecified atom stereocenters. The van der Waals surface area contributed by atoms with Gasteiger partial charge in [-0.3, -0.25) is 0 Å². The molecule has 0 aromatic heterocycles. The summed E-state index contributed by atoms with van der Waals surface area (Å²) >= 11 is 3.44. The second-order valence-electron chi connectivity index (χ2n) is 11.0. The predicted octanol–water partition coefficient (Wildman–Crippen LogP) is 7.11. The fourth-order valence-corrected chi connectivity index (χ4v) is 4.71. The van der Waals surface area contributed by atoms with Crippen LogP contribution in [0.5, 0.6) is 11.5 Å². The Morgan fingerprint density at radius 1 is 0.771 bits per heavy atom. The third kappa shape index (κ3) is 12.1. The first kappa shape index (κ1) is 29.4. The van der Waals surface area contributed by atoms with Crippen LogP contribution in [0.3, 0.4) is 0 Å². The number of benzene rings is 2. The molecule has 5 heteroatoms. The van der Waals surface area contributed by atoms with E-state index < -0.39 is 0 Å². The molecule has 2 rings (SSSR count). The molecule has 0 saturated carbocycles. The molecule has 35 heavy (non-hydrogen) atoms. The zero-order chi connectivity index (χ0) is 25.7. The van der Waals surface area contributed by atoms with E-state index in [9.17, 15) is 0 Å². The summed E-state index contributed by atoms with van der Waals surface area (Å²) in [4.78, 5) is 0. The highest BCUT2D eigenvalue weighted by Gasteiger charge is 2.27. The number of nitrogens with zero attached hydrogens (tertiary/aromatic N) is 1. The molecule has 0 spiro atoms. The smallest absolute Gasteiger partial charge is 0.170 e. The number of hydrogen-bond acceptors (Lipinski definition) is 3. The van der Waals surface area contributed by atoms with E-state index in [0.717, 1.165) is 54.8 Å². The van der Waals surface area contributed by atoms with Crippen molar-refractivity contribution in [1.29, 1.82) is 0 Å². The maximum absolute atomic E-state index is 5.87. The molecule has 194 valence electrons. The molecule has 0 N–H and O–H groups in total. The monoisotopic (exact) mass is 546 g/mol. The van der Waals surface area contributed by atoms with Crippen molar-refractivity contribution in [2.45, 2.75) is 59.3 Å². The van der Waals surface area contributed by atoms with Gasteiger partial charge in [0.15, 0.2) is 12.8 Å². The Kier molecular flexibility index (Phi) is 12.3. The average molecular weight is 548 g/mol. The number of alkyl halides is 1. The van der Waals surface area contributed by atoms with Gasteiger partial charge in [0, 0.05) is 10.9 Å². The molecule has 0 aliphatic rings. The predicted molar refractivity (Wildman–Crippen MR) is 151 cm³/mol. The second kappa shape index (κ2) is 14.6. The summed E-state index contributed by atoms with van der Waals surface area (Å²) in [5.41, 5.74) is 2.94. The van der Waals surface area contributed by atoms with E-state index in [1.54, 1.807) is 0 Å². The van der Waals surface area contributed by atoms with Crippen molar-refractivity contribution >= 4 is 22.1 Å². The van der Waals surface area contributed by atoms with Crippen LogP contribution in [0, 0.1) is 5.41 Å². The van der Waals surface area contributed by atoms with Crippen molar-refractivity contribution in [3.8, 4) is 11.5 Å². The van der Waals surface area contributed by atoms with Gasteiger partial charge in [-0.25, -0.2) is 4.58 Å². The maximum Gasteiger partial charge on any atom is 0.170 e. The van der Waals surface area contributed by atoms with E-state index in [-0.39, 0.29) is 5.41 Å². The van der Waals surface area contributed by atoms with Crippen LogP contribution in [0.2, 0.25) is 0 Å². The fraction of sp³-hybridized carbons (Fsp3) is 0.567. The van der Waals surface area contributed by atoms with Crippen LogP contribution in [0.25, 0.3) is 0 Å². The third-order valence-electron chi connectivity index (χ3n) is 5.74. The van der Waals surface area contributed by atoms with Gasteiger partial charge < -0.3 is 14.2 Å². The maximum atomic E-state index is 5.87. The molecule has 0 radical (unpaired) electrons. The van der Waals surface area contributed by atoms with Gasteiger partial charge in [-0.15, -0.1) is 0 Å². The summed E-state index contributed by atoms with van der Waals surface area (Å²) in [5.74, 6) is 1.82. The number of rotatable bonds is 15. The molecular weight excluding hydrogens is 502 g/mol. The van der Waals surface area contributed by atoms with Crippen LogP contribution >= 0.6 is 15.9 Å². The molecule has 0 atom stereocenters. The topological polar surface area (TPSA) is 30.7 Å². The average Bonchev–Trinajstić information content (AvgIpc) is 2.79. The normalized spacial score (nSPS) is 12.6. The van der Waals surface area contributed by atoms with E-state index in [0.29, 0.717) is 25.2 Å². The van der Waals surface area contributed by atoms with Gasteiger partial charge >= 0.3 is 0 Å². The van der Waals surface area contributed by atoms with Crippen molar-refractivity contribution in [2.75, 3.05) is 45.4 Å². The van der Waals surface area contributed by atoms with E-state index in [1.807, 2.05) is 12.1 Å². The van der Waals surface area contributed by atoms with Crippen molar-refractivity contribution in [3.05, 3.63) is 59.7 Å². The van der Waals surface area contributed by atoms with E-state index in [2.05, 4.69) is 105 Å². The standard InChI is InChI=1S/C30H45BrNO3/c1-29(2,3)24-30(4,5)26-11-15-28(16-12-26)35-22-21-33-20-18-32(6)23-25-9-13-27(14-10-25)34-19-8-7-17-31/h9-16,23H,7-8,17-22,24H2,1-6H3/q+1. The van der Waals surface area contributed by atoms with Gasteiger partial charge in [-0.1, -0.05) is 62.7 Å². The summed E-state index contributed by atoms with van der Waals surface area (Å²) < 4.78 is 19.5. The molecule has 0 bridgehead atoms. The Hall–Kier alpha value is -1.85. The van der Waals surface area contributed by atoms with Crippen molar-refractivity contribution in [2.24, 2.45) is 5.41 Å². The third-order valence-corrected chi connectivity index (χ3v) is 6.30. The van der Waals surface area contributed by atoms with Crippen molar-refractivity contribution in [1.82, 2.24) is 0 Å². The lowest BCUT2D eigenvalue weighted by Gasteiger charge is -2.33. The lowest BCUT2D eigenvalue weighted by molar-refractivity contribution is -0.495. The Bertz CT molecular complexity index is 883. The van der Waals surface area contributed by atoms with E-state index in [4.69, 9.17) is 14.2 Å². The van der Waals surface area contributed by atoms with Crippen LogP contribution in [-0.2, 0) is 10.2 Å². The van der Waals surface area contributed by atoms with Gasteiger partial charge in [0.1, 0.15) is 31.8 Å². The summed E-state index contributed by atoms with van der Waals surface area (Å²) in [7, 11) is 2.06. The Morgan fingerprint density at radius 3 is 1.97 bits per heavy atom. The minimum atomic E-state index is 0.144. The first-order chi connectivity index (χ1) is 16.6. The van der Waals surface area contributed by atoms with Gasteiger partial charge in [0.05, 0.1) is 13.2 Å². The number of hydrogen-bond donors (Lipinski definition) is 0. The lowest BCUT2D eigenvalue weighted by Crippen LogP contribution is -2.24. The van der Waals surface area contributed by atoms with Gasteiger partial charge in [0.2, 0.25) is 0 Å². The molecule has 0 amide bonds. The van der Waals surface area contributed by atoms with Gasteiger partial charge in [-0.2, -0.15) is 0 Å². The van der Waals surface area contributed by atoms with Crippen molar-refractivity contribution in [3.63, 3.8) is 0 Å². The number of ether oxygens (including phenoxy) is 3. The zero-order valence-corrected chi connectivity index (χ0v) is 24.2. The number of unbranched alkanes of at least 4 members (excludes halogenated alkanes) is 1. The molecule has 0 aliphatic carbocycles. The Morgan fingerprint density at radius 2 is 1.37 bits per heavy atom. The summed E-state index contributed by atoms with van der Waals surface area (Å²) in [6.07, 6.45) is 5.46. The summed E-state index contributed by atoms with van der Waals surface area (Å²) in [6.45, 7) is 14.9. The quantitative estimate of drug-likeness (QED) is 0.103. The van der Waals surface area contributed by atoms with Crippen LogP contribution < -0.4 is 9.47 Å². The van der Waals surface area contributed by atoms with Crippen LogP contribution in [0.1, 0.15) is 65.0 Å². The molecule has 0 aliphatic heterocycles. The molecule has 0 heterocycles. The summed E-state index contributed by atoms with van der Waals surface area (Å²) in [5, 5.41) is 1.03. The Labute approximate surface area is 221 Å². The molecular formula is C30H45BrNO3+. The number of halogens is 1. The van der Waals surface area contributed by atoms with Crippen LogP contribution in [-0.4, -0.2) is 56.1 Å². The lowest BCUT2D eigenvalue weighted by atomic mass is 9.72. The Balaban J connectivity index is 1.65. The van der Waals surface area contributed by atoms with E-state index >= 15 is 0 Å². The SMILES string of the molecule is C[N+](=Cc1ccc(OCCCCBr)cc1)CCOCCOc1ccc(C(C)(C)CC(C)(C)C)cc1. The highest BCUT2D eigenvalue weighted by atomic mass is 79.9. The van der Waals surface area contributed by atoms with E-state index in [1.165, 1.54) is 5.56 Å². The first-order valence-electron chi connectivity index (χ1n) is 12.7. The minimum Gasteiger partial charge on any atom is -0.494 e. The molecule has 2 aromatic rings. The zero-order valence-electron chi connectivity index (χ0n) is 22.6. The first-order valence-corrected chi connectivity index (χ1v) is 13.9.